The van der Waals surface area contributed by atoms with E-state index in [4.69, 9.17) is 0 Å². The lowest BCUT2D eigenvalue weighted by Crippen LogP contribution is -2.49. The molecule has 1 aromatic carbocycles. The number of carboxylic acid groups (broad SMARTS) is 3. The second kappa shape index (κ2) is 26.6. The zero-order valence-corrected chi connectivity index (χ0v) is 33.0. The zero-order valence-electron chi connectivity index (χ0n) is 33.0. The third-order valence-corrected chi connectivity index (χ3v) is 10.1. The van der Waals surface area contributed by atoms with Gasteiger partial charge in [-0.1, -0.05) is 88.6 Å². The summed E-state index contributed by atoms with van der Waals surface area (Å²) in [6, 6.07) is 12.1. The molecule has 0 spiro atoms. The van der Waals surface area contributed by atoms with Crippen LogP contribution in [-0.4, -0.2) is 104 Å². The van der Waals surface area contributed by atoms with Gasteiger partial charge in [0, 0.05) is 51.4 Å². The van der Waals surface area contributed by atoms with Crippen molar-refractivity contribution in [3.8, 4) is 0 Å². The minimum Gasteiger partial charge on any atom is -0.480 e. The average molecular weight is 764 g/mol. The van der Waals surface area contributed by atoms with E-state index in [1.165, 1.54) is 57.8 Å². The molecule has 4 N–H and O–H groups in total. The number of fused-ring (bicyclic) bond motifs is 2. The molecule has 0 aliphatic carbocycles. The molecule has 1 unspecified atom stereocenters. The van der Waals surface area contributed by atoms with Crippen molar-refractivity contribution in [3.63, 3.8) is 0 Å². The number of anilines is 1. The van der Waals surface area contributed by atoms with E-state index in [1.807, 2.05) is 35.2 Å². The van der Waals surface area contributed by atoms with Crippen LogP contribution in [0.3, 0.4) is 0 Å². The van der Waals surface area contributed by atoms with E-state index in [-0.39, 0.29) is 45.2 Å². The third kappa shape index (κ3) is 19.9. The maximum Gasteiger partial charge on any atom is 0.320 e. The molecule has 1 aliphatic heterocycles. The van der Waals surface area contributed by atoms with Crippen LogP contribution in [0.15, 0.2) is 54.6 Å². The highest BCUT2D eigenvalue weighted by atomic mass is 16.4. The number of carboxylic acids is 3. The molecule has 1 atom stereocenters. The number of nitrogens with zero attached hydrogens (tertiary/aromatic N) is 4. The number of aliphatic carboxylic acids is 3. The largest absolute Gasteiger partial charge is 0.480 e. The number of rotatable bonds is 25. The maximum absolute atomic E-state index is 12.7. The Labute approximate surface area is 328 Å². The Morgan fingerprint density at radius 1 is 0.709 bits per heavy atom. The highest BCUT2D eigenvalue weighted by molar-refractivity contribution is 5.90. The molecule has 304 valence electrons. The summed E-state index contributed by atoms with van der Waals surface area (Å²) in [4.78, 5) is 58.5. The summed E-state index contributed by atoms with van der Waals surface area (Å²) in [5, 5.41) is 32.4. The van der Waals surface area contributed by atoms with E-state index in [0.29, 0.717) is 49.4 Å². The van der Waals surface area contributed by atoms with Gasteiger partial charge in [0.2, 0.25) is 5.91 Å². The van der Waals surface area contributed by atoms with E-state index in [9.17, 15) is 34.5 Å². The standard InChI is InChI=1S/C43H65N5O7/c1-2-3-4-5-6-7-8-9-10-11-12-13-14-15-16-20-40(49)45-36-24-21-35(22-25-36)23-26-39(43(54)55)48-29-27-46(33-41(50)51)31-37-18-17-19-38(44-37)32-47(28-30-48)34-42(52)53/h9-10,17-19,21-22,24-25,39H,2-8,11-16,20,23,26-34H2,1H3,(H,45,49)(H,50,51)(H,52,53)(H,54,55)/b10-9-. The van der Waals surface area contributed by atoms with Crippen LogP contribution < -0.4 is 5.32 Å². The number of amides is 1. The first-order chi connectivity index (χ1) is 26.6. The summed E-state index contributed by atoms with van der Waals surface area (Å²) < 4.78 is 0. The molecule has 1 amide bonds. The fourth-order valence-electron chi connectivity index (χ4n) is 7.04. The van der Waals surface area contributed by atoms with Crippen molar-refractivity contribution in [1.29, 1.82) is 0 Å². The van der Waals surface area contributed by atoms with Crippen molar-refractivity contribution in [2.24, 2.45) is 0 Å². The van der Waals surface area contributed by atoms with Crippen LogP contribution in [0.25, 0.3) is 0 Å². The molecule has 3 rings (SSSR count). The van der Waals surface area contributed by atoms with Crippen molar-refractivity contribution >= 4 is 29.5 Å². The smallest absolute Gasteiger partial charge is 0.320 e. The quantitative estimate of drug-likeness (QED) is 0.0596. The number of unbranched alkanes of at least 4 members (excludes halogenated alkanes) is 11. The van der Waals surface area contributed by atoms with Crippen molar-refractivity contribution in [3.05, 3.63) is 71.6 Å². The number of carbonyl (C=O) groups is 4. The minimum absolute atomic E-state index is 0.0106. The highest BCUT2D eigenvalue weighted by Gasteiger charge is 2.27. The first-order valence-electron chi connectivity index (χ1n) is 20.5. The summed E-state index contributed by atoms with van der Waals surface area (Å²) in [5.74, 6) is -2.98. The average Bonchev–Trinajstić information content (AvgIpc) is 3.13. The predicted octanol–water partition coefficient (Wildman–Crippen LogP) is 7.23. The van der Waals surface area contributed by atoms with Crippen molar-refractivity contribution in [1.82, 2.24) is 19.7 Å². The molecule has 55 heavy (non-hydrogen) atoms. The van der Waals surface area contributed by atoms with Gasteiger partial charge >= 0.3 is 17.9 Å². The van der Waals surface area contributed by atoms with Gasteiger partial charge in [-0.05, 0) is 74.8 Å². The summed E-state index contributed by atoms with van der Waals surface area (Å²) in [7, 11) is 0. The summed E-state index contributed by atoms with van der Waals surface area (Å²) in [6.45, 7) is 3.51. The Bertz CT molecular complexity index is 1420. The lowest BCUT2D eigenvalue weighted by molar-refractivity contribution is -0.145. The van der Waals surface area contributed by atoms with E-state index in [1.54, 1.807) is 21.9 Å². The topological polar surface area (TPSA) is 164 Å². The van der Waals surface area contributed by atoms with E-state index >= 15 is 0 Å². The maximum atomic E-state index is 12.7. The summed E-state index contributed by atoms with van der Waals surface area (Å²) in [5.41, 5.74) is 2.97. The lowest BCUT2D eigenvalue weighted by Gasteiger charge is -2.33. The van der Waals surface area contributed by atoms with Crippen LogP contribution >= 0.6 is 0 Å². The number of hydrogen-bond donors (Lipinski definition) is 4. The molecule has 1 aliphatic rings. The van der Waals surface area contributed by atoms with Gasteiger partial charge in [0.05, 0.1) is 24.5 Å². The van der Waals surface area contributed by atoms with Crippen LogP contribution in [0.5, 0.6) is 0 Å². The minimum atomic E-state index is -0.993. The molecule has 0 saturated heterocycles. The van der Waals surface area contributed by atoms with Gasteiger partial charge in [-0.25, -0.2) is 0 Å². The summed E-state index contributed by atoms with van der Waals surface area (Å²) in [6.07, 6.45) is 21.7. The molecular formula is C43H65N5O7. The van der Waals surface area contributed by atoms with Gasteiger partial charge < -0.3 is 20.6 Å². The van der Waals surface area contributed by atoms with Gasteiger partial charge in [0.1, 0.15) is 6.04 Å². The molecular weight excluding hydrogens is 699 g/mol. The fraction of sp³-hybridized carbons (Fsp3) is 0.605. The Morgan fingerprint density at radius 2 is 1.24 bits per heavy atom. The van der Waals surface area contributed by atoms with E-state index in [0.717, 1.165) is 31.2 Å². The number of nitrogens with one attached hydrogen (secondary N) is 1. The van der Waals surface area contributed by atoms with Gasteiger partial charge in [-0.3, -0.25) is 38.9 Å². The molecule has 0 radical (unpaired) electrons. The number of benzene rings is 1. The monoisotopic (exact) mass is 763 g/mol. The van der Waals surface area contributed by atoms with Crippen LogP contribution in [0.4, 0.5) is 5.69 Å². The second-order valence-corrected chi connectivity index (χ2v) is 14.8. The predicted molar refractivity (Wildman–Crippen MR) is 216 cm³/mol. The molecule has 2 bridgehead atoms. The van der Waals surface area contributed by atoms with Gasteiger partial charge in [0.15, 0.2) is 0 Å². The number of carbonyl (C=O) groups excluding carboxylic acids is 1. The lowest BCUT2D eigenvalue weighted by atomic mass is 10.0. The number of aryl methyl sites for hydroxylation is 1. The fourth-order valence-corrected chi connectivity index (χ4v) is 7.04. The molecule has 1 aromatic heterocycles. The Hall–Kier alpha value is -4.13. The molecule has 12 heteroatoms. The highest BCUT2D eigenvalue weighted by Crippen LogP contribution is 2.17. The first kappa shape index (κ1) is 45.3. The molecule has 2 heterocycles. The molecule has 0 saturated carbocycles. The van der Waals surface area contributed by atoms with Crippen molar-refractivity contribution in [2.45, 2.75) is 129 Å². The Morgan fingerprint density at radius 3 is 1.76 bits per heavy atom. The van der Waals surface area contributed by atoms with Crippen molar-refractivity contribution in [2.75, 3.05) is 44.6 Å². The van der Waals surface area contributed by atoms with Crippen LogP contribution in [0, 0.1) is 0 Å². The second-order valence-electron chi connectivity index (χ2n) is 14.8. The third-order valence-electron chi connectivity index (χ3n) is 10.1. The Balaban J connectivity index is 1.44. The number of allylic oxidation sites excluding steroid dienone is 2. The van der Waals surface area contributed by atoms with Crippen molar-refractivity contribution < 1.29 is 34.5 Å². The van der Waals surface area contributed by atoms with Gasteiger partial charge in [-0.15, -0.1) is 0 Å². The van der Waals surface area contributed by atoms with Gasteiger partial charge in [0.25, 0.3) is 0 Å². The summed E-state index contributed by atoms with van der Waals surface area (Å²) >= 11 is 0. The Kier molecular flexibility index (Phi) is 21.9. The number of hydrogen-bond acceptors (Lipinski definition) is 8. The number of pyridine rings is 1. The van der Waals surface area contributed by atoms with Crippen LogP contribution in [0.1, 0.15) is 120 Å². The van der Waals surface area contributed by atoms with Crippen LogP contribution in [0.2, 0.25) is 0 Å². The van der Waals surface area contributed by atoms with E-state index in [2.05, 4.69) is 29.4 Å². The zero-order chi connectivity index (χ0) is 39.7. The molecule has 12 nitrogen and oxygen atoms in total. The first-order valence-corrected chi connectivity index (χ1v) is 20.5. The van der Waals surface area contributed by atoms with Gasteiger partial charge in [-0.2, -0.15) is 0 Å². The van der Waals surface area contributed by atoms with E-state index < -0.39 is 23.9 Å². The molecule has 2 aromatic rings. The number of aromatic nitrogens is 1. The normalized spacial score (nSPS) is 15.3. The molecule has 0 fully saturated rings. The van der Waals surface area contributed by atoms with Crippen LogP contribution in [-0.2, 0) is 38.7 Å². The SMILES string of the molecule is CCCCCCCC/C=C\CCCCCCCC(=O)Nc1ccc(CCC(C(=O)O)N2CCN(CC(=O)O)Cc3cccc(n3)CN(CC(=O)O)CC2)cc1.